The number of hydrogen-bond acceptors (Lipinski definition) is 8. The van der Waals surface area contributed by atoms with E-state index >= 15 is 0 Å². The number of anilines is 1. The second kappa shape index (κ2) is 9.09. The zero-order chi connectivity index (χ0) is 21.1. The largest absolute Gasteiger partial charge is 0.493 e. The maximum Gasteiger partial charge on any atom is 0.230 e. The number of fused-ring (bicyclic) bond motifs is 3. The third-order valence-electron chi connectivity index (χ3n) is 5.09. The molecule has 0 bridgehead atoms. The highest BCUT2D eigenvalue weighted by Crippen LogP contribution is 2.38. The summed E-state index contributed by atoms with van der Waals surface area (Å²) in [6, 6.07) is 5.56. The smallest absolute Gasteiger partial charge is 0.230 e. The van der Waals surface area contributed by atoms with E-state index in [0.717, 1.165) is 28.6 Å². The second-order valence-electron chi connectivity index (χ2n) is 7.04. The van der Waals surface area contributed by atoms with Gasteiger partial charge < -0.3 is 20.5 Å². The summed E-state index contributed by atoms with van der Waals surface area (Å²) in [6.07, 6.45) is 4.55. The lowest BCUT2D eigenvalue weighted by Crippen LogP contribution is -2.24. The van der Waals surface area contributed by atoms with Gasteiger partial charge in [0.1, 0.15) is 10.6 Å². The van der Waals surface area contributed by atoms with Gasteiger partial charge in [-0.05, 0) is 48.9 Å². The summed E-state index contributed by atoms with van der Waals surface area (Å²) in [5.74, 6) is 1.94. The molecule has 3 N–H and O–H groups in total. The highest BCUT2D eigenvalue weighted by atomic mass is 32.2. The minimum atomic E-state index is -0.0949. The molecule has 3 aromatic rings. The van der Waals surface area contributed by atoms with Gasteiger partial charge in [-0.3, -0.25) is 4.79 Å². The summed E-state index contributed by atoms with van der Waals surface area (Å²) in [4.78, 5) is 23.7. The summed E-state index contributed by atoms with van der Waals surface area (Å²) in [6.45, 7) is 0.402. The number of hydrogen-bond donors (Lipinski definition) is 2. The van der Waals surface area contributed by atoms with E-state index in [4.69, 9.17) is 15.2 Å². The number of methoxy groups -OCH3 is 2. The quantitative estimate of drug-likeness (QED) is 0.424. The van der Waals surface area contributed by atoms with Crippen molar-refractivity contribution in [2.75, 3.05) is 25.7 Å². The fraction of sp³-hybridized carbons (Fsp3) is 0.381. The lowest BCUT2D eigenvalue weighted by Gasteiger charge is -2.11. The monoisotopic (exact) mass is 444 g/mol. The molecule has 1 aliphatic carbocycles. The van der Waals surface area contributed by atoms with Crippen LogP contribution in [0.5, 0.6) is 11.5 Å². The summed E-state index contributed by atoms with van der Waals surface area (Å²) in [7, 11) is 3.18. The van der Waals surface area contributed by atoms with Crippen molar-refractivity contribution in [2.45, 2.75) is 37.4 Å². The van der Waals surface area contributed by atoms with E-state index in [1.807, 2.05) is 18.2 Å². The van der Waals surface area contributed by atoms with Gasteiger partial charge in [-0.25, -0.2) is 9.97 Å². The molecule has 9 heteroatoms. The number of nitrogens with zero attached hydrogens (tertiary/aromatic N) is 2. The Balaban J connectivity index is 1.37. The van der Waals surface area contributed by atoms with Gasteiger partial charge in [0.05, 0.1) is 25.4 Å². The van der Waals surface area contributed by atoms with Crippen molar-refractivity contribution in [1.29, 1.82) is 0 Å². The molecule has 0 aliphatic heterocycles. The number of carbonyl (C=O) groups is 1. The Morgan fingerprint density at radius 3 is 2.80 bits per heavy atom. The van der Waals surface area contributed by atoms with Gasteiger partial charge in [0.15, 0.2) is 16.7 Å². The predicted octanol–water partition coefficient (Wildman–Crippen LogP) is 3.58. The summed E-state index contributed by atoms with van der Waals surface area (Å²) in [5.41, 5.74) is 8.49. The van der Waals surface area contributed by atoms with Crippen molar-refractivity contribution in [2.24, 2.45) is 0 Å². The van der Waals surface area contributed by atoms with Crippen molar-refractivity contribution in [1.82, 2.24) is 15.3 Å². The van der Waals surface area contributed by atoms with Crippen LogP contribution in [0.4, 0.5) is 5.82 Å². The fourth-order valence-electron chi connectivity index (χ4n) is 3.60. The summed E-state index contributed by atoms with van der Waals surface area (Å²) >= 11 is 3.01. The minimum Gasteiger partial charge on any atom is -0.493 e. The molecule has 30 heavy (non-hydrogen) atoms. The highest BCUT2D eigenvalue weighted by Gasteiger charge is 2.20. The number of thiophene rings is 1. The maximum absolute atomic E-state index is 12.3. The topological polar surface area (TPSA) is 99.4 Å². The van der Waals surface area contributed by atoms with Crippen LogP contribution in [0, 0.1) is 0 Å². The Morgan fingerprint density at radius 1 is 1.20 bits per heavy atom. The molecule has 158 valence electrons. The normalized spacial score (nSPS) is 13.1. The third kappa shape index (κ3) is 4.32. The van der Waals surface area contributed by atoms with Crippen molar-refractivity contribution in [3.05, 3.63) is 34.2 Å². The molecule has 2 aromatic heterocycles. The molecule has 1 aromatic carbocycles. The Hall–Kier alpha value is -2.52. The first kappa shape index (κ1) is 20.7. The van der Waals surface area contributed by atoms with Crippen molar-refractivity contribution < 1.29 is 14.3 Å². The van der Waals surface area contributed by atoms with Gasteiger partial charge in [0.2, 0.25) is 5.91 Å². The molecule has 1 aliphatic rings. The number of aromatic nitrogens is 2. The average Bonchev–Trinajstić information content (AvgIpc) is 3.14. The van der Waals surface area contributed by atoms with Crippen LogP contribution in [-0.4, -0.2) is 35.8 Å². The number of nitrogens with one attached hydrogen (secondary N) is 1. The van der Waals surface area contributed by atoms with Crippen LogP contribution in [0.25, 0.3) is 10.2 Å². The Kier molecular flexibility index (Phi) is 6.29. The van der Waals surface area contributed by atoms with E-state index in [-0.39, 0.29) is 11.7 Å². The molecule has 0 radical (unpaired) electrons. The van der Waals surface area contributed by atoms with Crippen molar-refractivity contribution >= 4 is 45.0 Å². The summed E-state index contributed by atoms with van der Waals surface area (Å²) < 4.78 is 10.5. The molecule has 0 fully saturated rings. The third-order valence-corrected chi connectivity index (χ3v) is 7.13. The molecule has 0 unspecified atom stereocenters. The van der Waals surface area contributed by atoms with E-state index in [1.54, 1.807) is 25.6 Å². The van der Waals surface area contributed by atoms with Crippen LogP contribution < -0.4 is 20.5 Å². The lowest BCUT2D eigenvalue weighted by atomic mass is 9.97. The molecule has 7 nitrogen and oxygen atoms in total. The van der Waals surface area contributed by atoms with Crippen LogP contribution in [-0.2, 0) is 24.2 Å². The van der Waals surface area contributed by atoms with Gasteiger partial charge in [0, 0.05) is 11.4 Å². The zero-order valence-corrected chi connectivity index (χ0v) is 18.6. The summed E-state index contributed by atoms with van der Waals surface area (Å²) in [5, 5.41) is 4.46. The van der Waals surface area contributed by atoms with Crippen LogP contribution in [0.2, 0.25) is 0 Å². The number of ether oxygens (including phenoxy) is 2. The number of benzene rings is 1. The molecule has 4 rings (SSSR count). The molecule has 0 saturated heterocycles. The van der Waals surface area contributed by atoms with E-state index < -0.39 is 0 Å². The predicted molar refractivity (Wildman–Crippen MR) is 121 cm³/mol. The zero-order valence-electron chi connectivity index (χ0n) is 17.0. The van der Waals surface area contributed by atoms with Crippen molar-refractivity contribution in [3.8, 4) is 11.5 Å². The van der Waals surface area contributed by atoms with Crippen LogP contribution >= 0.6 is 23.1 Å². The number of nitrogen functional groups attached to an aromatic ring is 1. The number of aryl methyl sites for hydroxylation is 2. The average molecular weight is 445 g/mol. The number of amides is 1. The first-order chi connectivity index (χ1) is 14.6. The molecule has 0 spiro atoms. The van der Waals surface area contributed by atoms with E-state index in [2.05, 4.69) is 15.3 Å². The number of rotatable bonds is 7. The molecular weight excluding hydrogens is 420 g/mol. The van der Waals surface area contributed by atoms with E-state index in [1.165, 1.54) is 35.0 Å². The Bertz CT molecular complexity index is 1080. The fourth-order valence-corrected chi connectivity index (χ4v) is 5.61. The maximum atomic E-state index is 12.3. The van der Waals surface area contributed by atoms with Gasteiger partial charge in [0.25, 0.3) is 0 Å². The lowest BCUT2D eigenvalue weighted by molar-refractivity contribution is -0.118. The highest BCUT2D eigenvalue weighted by molar-refractivity contribution is 7.99. The number of thioether (sulfide) groups is 1. The molecule has 0 atom stereocenters. The van der Waals surface area contributed by atoms with Gasteiger partial charge in [-0.2, -0.15) is 0 Å². The van der Waals surface area contributed by atoms with Gasteiger partial charge >= 0.3 is 0 Å². The molecule has 0 saturated carbocycles. The van der Waals surface area contributed by atoms with Crippen LogP contribution in [0.15, 0.2) is 23.4 Å². The Morgan fingerprint density at radius 2 is 2.00 bits per heavy atom. The van der Waals surface area contributed by atoms with Crippen molar-refractivity contribution in [3.63, 3.8) is 0 Å². The van der Waals surface area contributed by atoms with E-state index in [0.29, 0.717) is 29.0 Å². The second-order valence-corrected chi connectivity index (χ2v) is 9.06. The standard InChI is InChI=1S/C21H24N4O3S2/c1-27-14-8-7-12(9-15(14)28-2)10-23-17(26)11-29-21-24-19(22)18-13-5-3-4-6-16(13)30-20(18)25-21/h7-9H,3-6,10-11H2,1-2H3,(H,23,26)(H2,22,24,25). The first-order valence-corrected chi connectivity index (χ1v) is 11.6. The molecule has 2 heterocycles. The van der Waals surface area contributed by atoms with Crippen LogP contribution in [0.1, 0.15) is 28.8 Å². The van der Waals surface area contributed by atoms with Gasteiger partial charge in [-0.15, -0.1) is 11.3 Å². The van der Waals surface area contributed by atoms with E-state index in [9.17, 15) is 4.79 Å². The number of carbonyl (C=O) groups excluding carboxylic acids is 1. The SMILES string of the molecule is COc1ccc(CNC(=O)CSc2nc(N)c3c4c(sc3n2)CCCC4)cc1OC. The first-order valence-electron chi connectivity index (χ1n) is 9.77. The molecule has 1 amide bonds. The van der Waals surface area contributed by atoms with Crippen LogP contribution in [0.3, 0.4) is 0 Å². The molecular formula is C21H24N4O3S2. The van der Waals surface area contributed by atoms with Gasteiger partial charge in [-0.1, -0.05) is 17.8 Å². The number of nitrogens with two attached hydrogens (primary N) is 1. The Labute approximate surface area is 183 Å². The minimum absolute atomic E-state index is 0.0949.